The van der Waals surface area contributed by atoms with E-state index in [0.717, 1.165) is 17.2 Å². The quantitative estimate of drug-likeness (QED) is 0.201. The highest BCUT2D eigenvalue weighted by Gasteiger charge is 2.36. The first-order valence-electron chi connectivity index (χ1n) is 14.6. The van der Waals surface area contributed by atoms with Gasteiger partial charge in [-0.1, -0.05) is 6.07 Å². The minimum atomic E-state index is -4.59. The van der Waals surface area contributed by atoms with Crippen molar-refractivity contribution in [3.63, 3.8) is 0 Å². The van der Waals surface area contributed by atoms with Crippen molar-refractivity contribution in [2.45, 2.75) is 18.7 Å². The van der Waals surface area contributed by atoms with Crippen LogP contribution in [0.25, 0.3) is 38.8 Å². The molecular formula is C32H31F3N6O7. The van der Waals surface area contributed by atoms with Gasteiger partial charge in [0.05, 0.1) is 47.5 Å². The highest BCUT2D eigenvalue weighted by Crippen LogP contribution is 2.39. The second-order valence-electron chi connectivity index (χ2n) is 10.9. The predicted molar refractivity (Wildman–Crippen MR) is 170 cm³/mol. The fourth-order valence-electron chi connectivity index (χ4n) is 5.41. The normalized spacial score (nSPS) is 14.0. The van der Waals surface area contributed by atoms with E-state index in [0.29, 0.717) is 54.0 Å². The number of imidazole rings is 1. The molecule has 4 N–H and O–H groups in total. The van der Waals surface area contributed by atoms with E-state index in [4.69, 9.17) is 20.1 Å². The second kappa shape index (κ2) is 13.7. The molecule has 5 aromatic rings. The molecule has 1 saturated heterocycles. The number of nitrogens with one attached hydrogen (secondary N) is 1. The molecule has 13 nitrogen and oxygen atoms in total. The summed E-state index contributed by atoms with van der Waals surface area (Å²) in [6.45, 7) is 2.14. The van der Waals surface area contributed by atoms with Crippen molar-refractivity contribution in [2.75, 3.05) is 38.2 Å². The molecule has 0 bridgehead atoms. The van der Waals surface area contributed by atoms with Crippen LogP contribution < -0.4 is 20.6 Å². The Morgan fingerprint density at radius 2 is 1.71 bits per heavy atom. The van der Waals surface area contributed by atoms with E-state index in [9.17, 15) is 27.6 Å². The number of benzene rings is 2. The lowest BCUT2D eigenvalue weighted by atomic mass is 10.0. The van der Waals surface area contributed by atoms with Crippen LogP contribution in [0.15, 0.2) is 65.7 Å². The van der Waals surface area contributed by atoms with Gasteiger partial charge < -0.3 is 30.3 Å². The zero-order chi connectivity index (χ0) is 34.7. The van der Waals surface area contributed by atoms with Gasteiger partial charge in [-0.25, -0.2) is 14.6 Å². The first-order valence-corrected chi connectivity index (χ1v) is 14.6. The van der Waals surface area contributed by atoms with Gasteiger partial charge in [-0.05, 0) is 42.0 Å². The standard InChI is InChI=1S/C28H25F3N6O2.C4H6O5/c1-35-24-16-33-22-6-3-17(18-4-8-25(39-2)34-15-18)13-20(22)26(24)37(27(35)38)19-5-7-23(21(14-19)28(29,30)31)36-11-9-32-10-12-36;5-2(4(8)9)1-3(6)7/h3-8,13-16,32H,9-12H2,1-2H3;2,5H,1H2,(H,6,7)(H,8,9). The molecule has 0 saturated carbocycles. The minimum absolute atomic E-state index is 0.113. The third kappa shape index (κ3) is 6.94. The molecule has 4 heterocycles. The number of piperazine rings is 1. The monoisotopic (exact) mass is 668 g/mol. The summed E-state index contributed by atoms with van der Waals surface area (Å²) in [6, 6.07) is 13.3. The van der Waals surface area contributed by atoms with Crippen LogP contribution in [0.4, 0.5) is 18.9 Å². The number of carboxylic acid groups (broad SMARTS) is 2. The Balaban J connectivity index is 0.000000441. The number of pyridine rings is 2. The van der Waals surface area contributed by atoms with E-state index in [2.05, 4.69) is 15.3 Å². The molecule has 1 aliphatic heterocycles. The van der Waals surface area contributed by atoms with Gasteiger partial charge in [0.1, 0.15) is 0 Å². The first-order chi connectivity index (χ1) is 22.8. The van der Waals surface area contributed by atoms with Crippen molar-refractivity contribution < 1.29 is 42.8 Å². The van der Waals surface area contributed by atoms with E-state index >= 15 is 0 Å². The molecule has 252 valence electrons. The molecule has 0 radical (unpaired) electrons. The third-order valence-electron chi connectivity index (χ3n) is 7.82. The number of alkyl halides is 3. The number of anilines is 1. The summed E-state index contributed by atoms with van der Waals surface area (Å²) in [4.78, 5) is 43.4. The topological polar surface area (TPSA) is 172 Å². The SMILES string of the molecule is COc1ccc(-c2ccc3ncc4c(c3c2)n(-c2ccc(N3CCNCC3)c(C(F)(F)F)c2)c(=O)n4C)cn1.O=C(O)CC(O)C(=O)O. The Labute approximate surface area is 270 Å². The summed E-state index contributed by atoms with van der Waals surface area (Å²) >= 11 is 0. The summed E-state index contributed by atoms with van der Waals surface area (Å²) < 4.78 is 50.8. The number of aliphatic carboxylic acids is 2. The van der Waals surface area contributed by atoms with Crippen LogP contribution in [-0.2, 0) is 22.8 Å². The second-order valence-corrected chi connectivity index (χ2v) is 10.9. The van der Waals surface area contributed by atoms with Gasteiger partial charge >= 0.3 is 23.8 Å². The number of methoxy groups -OCH3 is 1. The Morgan fingerprint density at radius 3 is 2.29 bits per heavy atom. The molecule has 0 spiro atoms. The number of carbonyl (C=O) groups is 2. The van der Waals surface area contributed by atoms with Crippen molar-refractivity contribution in [2.24, 2.45) is 7.05 Å². The Kier molecular flexibility index (Phi) is 9.67. The van der Waals surface area contributed by atoms with E-state index in [1.807, 2.05) is 24.3 Å². The molecule has 0 aliphatic carbocycles. The van der Waals surface area contributed by atoms with Crippen molar-refractivity contribution in [3.8, 4) is 22.7 Å². The Morgan fingerprint density at radius 1 is 1.00 bits per heavy atom. The molecule has 1 fully saturated rings. The Hall–Kier alpha value is -5.48. The number of nitrogens with zero attached hydrogens (tertiary/aromatic N) is 5. The number of carboxylic acids is 2. The molecular weight excluding hydrogens is 637 g/mol. The van der Waals surface area contributed by atoms with E-state index < -0.39 is 41.9 Å². The van der Waals surface area contributed by atoms with Crippen LogP contribution >= 0.6 is 0 Å². The van der Waals surface area contributed by atoms with Gasteiger partial charge in [0.2, 0.25) is 5.88 Å². The maximum Gasteiger partial charge on any atom is 0.418 e. The van der Waals surface area contributed by atoms with Gasteiger partial charge in [0.15, 0.2) is 6.10 Å². The first kappa shape index (κ1) is 33.9. The third-order valence-corrected chi connectivity index (χ3v) is 7.82. The number of hydrogen-bond donors (Lipinski definition) is 4. The van der Waals surface area contributed by atoms with Gasteiger partial charge in [-0.3, -0.25) is 18.9 Å². The molecule has 1 aliphatic rings. The molecule has 2 aromatic carbocycles. The van der Waals surface area contributed by atoms with Crippen molar-refractivity contribution in [3.05, 3.63) is 77.0 Å². The van der Waals surface area contributed by atoms with Gasteiger partial charge in [0.25, 0.3) is 0 Å². The number of rotatable bonds is 7. The number of ether oxygens (including phenoxy) is 1. The number of halogens is 3. The maximum absolute atomic E-state index is 14.3. The van der Waals surface area contributed by atoms with Crippen LogP contribution in [-0.4, -0.2) is 85.8 Å². The number of aliphatic hydroxyl groups is 1. The predicted octanol–water partition coefficient (Wildman–Crippen LogP) is 3.28. The number of aliphatic hydroxyl groups excluding tert-OH is 1. The van der Waals surface area contributed by atoms with Crippen LogP contribution in [0.1, 0.15) is 12.0 Å². The molecule has 6 rings (SSSR count). The summed E-state index contributed by atoms with van der Waals surface area (Å²) in [5.41, 5.74) is 2.27. The molecule has 0 amide bonds. The van der Waals surface area contributed by atoms with Crippen LogP contribution in [0, 0.1) is 0 Å². The van der Waals surface area contributed by atoms with Gasteiger partial charge in [-0.2, -0.15) is 13.2 Å². The average Bonchev–Trinajstić information content (AvgIpc) is 3.33. The smallest absolute Gasteiger partial charge is 0.418 e. The lowest BCUT2D eigenvalue weighted by Gasteiger charge is -2.31. The summed E-state index contributed by atoms with van der Waals surface area (Å²) in [7, 11) is 3.13. The zero-order valence-electron chi connectivity index (χ0n) is 25.7. The highest BCUT2D eigenvalue weighted by atomic mass is 19.4. The number of aryl methyl sites for hydroxylation is 1. The maximum atomic E-state index is 14.3. The lowest BCUT2D eigenvalue weighted by Crippen LogP contribution is -2.44. The van der Waals surface area contributed by atoms with E-state index in [-0.39, 0.29) is 11.4 Å². The van der Waals surface area contributed by atoms with Crippen LogP contribution in [0.5, 0.6) is 5.88 Å². The number of fused-ring (bicyclic) bond motifs is 3. The molecule has 1 unspecified atom stereocenters. The number of aromatic nitrogens is 4. The summed E-state index contributed by atoms with van der Waals surface area (Å²) in [5.74, 6) is -2.37. The largest absolute Gasteiger partial charge is 0.481 e. The fraction of sp³-hybridized carbons (Fsp3) is 0.281. The lowest BCUT2D eigenvalue weighted by molar-refractivity contribution is -0.152. The molecule has 1 atom stereocenters. The van der Waals surface area contributed by atoms with E-state index in [1.54, 1.807) is 36.5 Å². The average molecular weight is 669 g/mol. The molecule has 16 heteroatoms. The Bertz CT molecular complexity index is 2040. The molecule has 3 aromatic heterocycles. The molecule has 48 heavy (non-hydrogen) atoms. The highest BCUT2D eigenvalue weighted by molar-refractivity contribution is 6.04. The minimum Gasteiger partial charge on any atom is -0.481 e. The summed E-state index contributed by atoms with van der Waals surface area (Å²) in [5, 5.41) is 27.9. The fourth-order valence-corrected chi connectivity index (χ4v) is 5.41. The number of hydrogen-bond acceptors (Lipinski definition) is 9. The summed E-state index contributed by atoms with van der Waals surface area (Å²) in [6.07, 6.45) is -3.89. The van der Waals surface area contributed by atoms with Crippen molar-refractivity contribution in [1.82, 2.24) is 24.4 Å². The van der Waals surface area contributed by atoms with Crippen LogP contribution in [0.2, 0.25) is 0 Å². The van der Waals surface area contributed by atoms with Gasteiger partial charge in [-0.15, -0.1) is 0 Å². The van der Waals surface area contributed by atoms with E-state index in [1.165, 1.54) is 22.3 Å². The van der Waals surface area contributed by atoms with Gasteiger partial charge in [0, 0.05) is 62.1 Å². The zero-order valence-corrected chi connectivity index (χ0v) is 25.7. The van der Waals surface area contributed by atoms with Crippen molar-refractivity contribution in [1.29, 1.82) is 0 Å². The van der Waals surface area contributed by atoms with Crippen LogP contribution in [0.3, 0.4) is 0 Å². The van der Waals surface area contributed by atoms with Crippen molar-refractivity contribution >= 4 is 39.6 Å².